The Morgan fingerprint density at radius 3 is 2.58 bits per heavy atom. The number of rotatable bonds is 5. The molecule has 0 saturated carbocycles. The Morgan fingerprint density at radius 1 is 1.16 bits per heavy atom. The van der Waals surface area contributed by atoms with Gasteiger partial charge < -0.3 is 10.5 Å². The van der Waals surface area contributed by atoms with E-state index in [-0.39, 0.29) is 6.10 Å². The summed E-state index contributed by atoms with van der Waals surface area (Å²) in [6, 6.07) is 12.0. The molecule has 0 amide bonds. The van der Waals surface area contributed by atoms with Crippen LogP contribution in [0.1, 0.15) is 37.0 Å². The molecule has 0 spiro atoms. The lowest BCUT2D eigenvalue weighted by molar-refractivity contribution is 0.211. The lowest BCUT2D eigenvalue weighted by Gasteiger charge is -2.21. The van der Waals surface area contributed by atoms with Crippen molar-refractivity contribution in [1.29, 1.82) is 0 Å². The molecule has 100 valence electrons. The van der Waals surface area contributed by atoms with Gasteiger partial charge in [-0.2, -0.15) is 0 Å². The predicted molar refractivity (Wildman–Crippen MR) is 77.2 cm³/mol. The molecule has 0 bridgehead atoms. The minimum Gasteiger partial charge on any atom is -0.484 e. The van der Waals surface area contributed by atoms with E-state index < -0.39 is 0 Å². The fraction of sp³-hybridized carbons (Fsp3) is 0.312. The van der Waals surface area contributed by atoms with Crippen molar-refractivity contribution < 1.29 is 4.74 Å². The smallest absolute Gasteiger partial charge is 0.137 e. The highest BCUT2D eigenvalue weighted by molar-refractivity contribution is 5.36. The molecule has 1 unspecified atom stereocenters. The van der Waals surface area contributed by atoms with Crippen LogP contribution in [-0.2, 0) is 0 Å². The molecule has 0 aliphatic rings. The zero-order valence-electron chi connectivity index (χ0n) is 11.4. The van der Waals surface area contributed by atoms with Crippen LogP contribution in [0.5, 0.6) is 5.75 Å². The first-order chi connectivity index (χ1) is 9.22. The molecule has 2 rings (SSSR count). The van der Waals surface area contributed by atoms with Gasteiger partial charge in [0.25, 0.3) is 0 Å². The van der Waals surface area contributed by atoms with E-state index in [2.05, 4.69) is 24.9 Å². The summed E-state index contributed by atoms with van der Waals surface area (Å²) in [6.07, 6.45) is 3.39. The maximum atomic E-state index is 6.08. The van der Waals surface area contributed by atoms with Crippen molar-refractivity contribution in [1.82, 2.24) is 4.98 Å². The summed E-state index contributed by atoms with van der Waals surface area (Å²) in [5, 5.41) is 0. The lowest BCUT2D eigenvalue weighted by Crippen LogP contribution is -2.19. The van der Waals surface area contributed by atoms with Gasteiger partial charge in [0.05, 0.1) is 0 Å². The molecule has 2 aromatic rings. The first-order valence-corrected chi connectivity index (χ1v) is 6.58. The highest BCUT2D eigenvalue weighted by Gasteiger charge is 2.14. The summed E-state index contributed by atoms with van der Waals surface area (Å²) < 4.78 is 6.08. The molecule has 3 nitrogen and oxygen atoms in total. The molecular formula is C16H20N2O. The third-order valence-corrected chi connectivity index (χ3v) is 3.08. The van der Waals surface area contributed by atoms with Crippen molar-refractivity contribution >= 4 is 0 Å². The third kappa shape index (κ3) is 3.32. The van der Waals surface area contributed by atoms with Gasteiger partial charge in [0, 0.05) is 24.5 Å². The van der Waals surface area contributed by atoms with Crippen LogP contribution in [0, 0.1) is 0 Å². The Hall–Kier alpha value is -1.87. The molecule has 3 heteroatoms. The average molecular weight is 256 g/mol. The van der Waals surface area contributed by atoms with E-state index in [1.54, 1.807) is 12.4 Å². The van der Waals surface area contributed by atoms with Crippen molar-refractivity contribution in [3.8, 4) is 5.75 Å². The van der Waals surface area contributed by atoms with Crippen LogP contribution in [-0.4, -0.2) is 11.5 Å². The number of hydrogen-bond acceptors (Lipinski definition) is 3. The van der Waals surface area contributed by atoms with Gasteiger partial charge in [-0.3, -0.25) is 4.98 Å². The number of benzene rings is 1. The van der Waals surface area contributed by atoms with Gasteiger partial charge in [-0.15, -0.1) is 0 Å². The Kier molecular flexibility index (Phi) is 4.53. The van der Waals surface area contributed by atoms with Crippen LogP contribution in [0.25, 0.3) is 0 Å². The van der Waals surface area contributed by atoms with E-state index in [9.17, 15) is 0 Å². The van der Waals surface area contributed by atoms with Crippen molar-refractivity contribution in [3.05, 3.63) is 59.9 Å². The van der Waals surface area contributed by atoms with Crippen LogP contribution in [0.15, 0.2) is 48.8 Å². The molecule has 0 aliphatic carbocycles. The SMILES string of the molecule is CC(C)c1ccccc1OC(CN)c1cccnc1. The van der Waals surface area contributed by atoms with Crippen LogP contribution in [0.4, 0.5) is 0 Å². The standard InChI is InChI=1S/C16H20N2O/c1-12(2)14-7-3-4-8-15(14)19-16(10-17)13-6-5-9-18-11-13/h3-9,11-12,16H,10,17H2,1-2H3. The largest absolute Gasteiger partial charge is 0.484 e. The van der Waals surface area contributed by atoms with Gasteiger partial charge in [0.1, 0.15) is 11.9 Å². The molecule has 0 saturated heterocycles. The van der Waals surface area contributed by atoms with Crippen molar-refractivity contribution in [2.75, 3.05) is 6.54 Å². The number of nitrogens with two attached hydrogens (primary N) is 1. The molecule has 1 heterocycles. The van der Waals surface area contributed by atoms with Gasteiger partial charge in [0.15, 0.2) is 0 Å². The Bertz CT molecular complexity index is 511. The molecular weight excluding hydrogens is 236 g/mol. The number of pyridine rings is 1. The van der Waals surface area contributed by atoms with Gasteiger partial charge in [-0.05, 0) is 23.6 Å². The summed E-state index contributed by atoms with van der Waals surface area (Å²) >= 11 is 0. The Morgan fingerprint density at radius 2 is 1.95 bits per heavy atom. The fourth-order valence-corrected chi connectivity index (χ4v) is 2.04. The molecule has 2 N–H and O–H groups in total. The van der Waals surface area contributed by atoms with Gasteiger partial charge in [-0.25, -0.2) is 0 Å². The molecule has 0 fully saturated rings. The third-order valence-electron chi connectivity index (χ3n) is 3.08. The minimum absolute atomic E-state index is 0.159. The summed E-state index contributed by atoms with van der Waals surface area (Å²) in [7, 11) is 0. The summed E-state index contributed by atoms with van der Waals surface area (Å²) in [5.74, 6) is 1.32. The van der Waals surface area contributed by atoms with Gasteiger partial charge in [-0.1, -0.05) is 38.1 Å². The van der Waals surface area contributed by atoms with E-state index in [0.29, 0.717) is 12.5 Å². The van der Waals surface area contributed by atoms with Gasteiger partial charge in [0.2, 0.25) is 0 Å². The second-order valence-corrected chi connectivity index (χ2v) is 4.82. The number of para-hydroxylation sites is 1. The second kappa shape index (κ2) is 6.34. The zero-order chi connectivity index (χ0) is 13.7. The van der Waals surface area contributed by atoms with Crippen molar-refractivity contribution in [3.63, 3.8) is 0 Å². The first-order valence-electron chi connectivity index (χ1n) is 6.58. The normalized spacial score (nSPS) is 12.4. The summed E-state index contributed by atoms with van der Waals surface area (Å²) in [4.78, 5) is 4.12. The number of hydrogen-bond donors (Lipinski definition) is 1. The molecule has 1 atom stereocenters. The monoisotopic (exact) mass is 256 g/mol. The first kappa shape index (κ1) is 13.6. The van der Waals surface area contributed by atoms with E-state index in [1.807, 2.05) is 30.3 Å². The highest BCUT2D eigenvalue weighted by atomic mass is 16.5. The van der Waals surface area contributed by atoms with Crippen molar-refractivity contribution in [2.45, 2.75) is 25.9 Å². The van der Waals surface area contributed by atoms with E-state index in [4.69, 9.17) is 10.5 Å². The minimum atomic E-state index is -0.159. The summed E-state index contributed by atoms with van der Waals surface area (Å²) in [6.45, 7) is 4.74. The van der Waals surface area contributed by atoms with E-state index >= 15 is 0 Å². The van der Waals surface area contributed by atoms with Crippen LogP contribution in [0.3, 0.4) is 0 Å². The number of aromatic nitrogens is 1. The molecule has 0 aliphatic heterocycles. The molecule has 0 radical (unpaired) electrons. The number of ether oxygens (including phenoxy) is 1. The van der Waals surface area contributed by atoms with Crippen LogP contribution < -0.4 is 10.5 Å². The molecule has 1 aromatic heterocycles. The fourth-order valence-electron chi connectivity index (χ4n) is 2.04. The number of nitrogens with zero attached hydrogens (tertiary/aromatic N) is 1. The van der Waals surface area contributed by atoms with Crippen molar-refractivity contribution in [2.24, 2.45) is 5.73 Å². The van der Waals surface area contributed by atoms with E-state index in [1.165, 1.54) is 5.56 Å². The van der Waals surface area contributed by atoms with Gasteiger partial charge >= 0.3 is 0 Å². The lowest BCUT2D eigenvalue weighted by atomic mass is 10.0. The molecule has 1 aromatic carbocycles. The zero-order valence-corrected chi connectivity index (χ0v) is 11.4. The van der Waals surface area contributed by atoms with Crippen LogP contribution in [0.2, 0.25) is 0 Å². The molecule has 19 heavy (non-hydrogen) atoms. The highest BCUT2D eigenvalue weighted by Crippen LogP contribution is 2.29. The Labute approximate surface area is 114 Å². The Balaban J connectivity index is 2.24. The average Bonchev–Trinajstić information content (AvgIpc) is 2.46. The maximum Gasteiger partial charge on any atom is 0.137 e. The van der Waals surface area contributed by atoms with E-state index in [0.717, 1.165) is 11.3 Å². The summed E-state index contributed by atoms with van der Waals surface area (Å²) in [5.41, 5.74) is 8.03. The maximum absolute atomic E-state index is 6.08. The quantitative estimate of drug-likeness (QED) is 0.893. The van der Waals surface area contributed by atoms with Crippen LogP contribution >= 0.6 is 0 Å². The topological polar surface area (TPSA) is 48.1 Å². The second-order valence-electron chi connectivity index (χ2n) is 4.82. The predicted octanol–water partition coefficient (Wildman–Crippen LogP) is 3.28.